The fraction of sp³-hybridized carbons (Fsp3) is 0.190. The Labute approximate surface area is 182 Å². The Morgan fingerprint density at radius 3 is 2.19 bits per heavy atom. The van der Waals surface area contributed by atoms with Gasteiger partial charge in [-0.2, -0.15) is 26.3 Å². The van der Waals surface area contributed by atoms with Crippen LogP contribution in [0, 0.1) is 12.3 Å². The highest BCUT2D eigenvalue weighted by Crippen LogP contribution is 2.41. The molecule has 0 saturated heterocycles. The molecule has 0 saturated carbocycles. The summed E-state index contributed by atoms with van der Waals surface area (Å²) in [7, 11) is 0. The maximum absolute atomic E-state index is 14.7. The maximum Gasteiger partial charge on any atom is 0.417 e. The van der Waals surface area contributed by atoms with E-state index in [-0.39, 0.29) is 27.8 Å². The molecule has 10 heteroatoms. The maximum atomic E-state index is 14.7. The number of rotatable bonds is 4. The summed E-state index contributed by atoms with van der Waals surface area (Å²) in [6.07, 6.45) is -4.77. The van der Waals surface area contributed by atoms with Crippen LogP contribution in [0.3, 0.4) is 0 Å². The highest BCUT2D eigenvalue weighted by molar-refractivity contribution is 6.42. The predicted molar refractivity (Wildman–Crippen MR) is 104 cm³/mol. The third kappa shape index (κ3) is 5.60. The molecule has 0 aliphatic carbocycles. The number of halogens is 9. The van der Waals surface area contributed by atoms with Crippen LogP contribution < -0.4 is 0 Å². The molecule has 0 fully saturated rings. The number of Topliss-reactive ketones (excluding diaryl/α,β-unsaturated/α-hetero) is 1. The van der Waals surface area contributed by atoms with E-state index < -0.39 is 52.1 Å². The quantitative estimate of drug-likeness (QED) is 0.246. The van der Waals surface area contributed by atoms with Crippen LogP contribution in [0.1, 0.15) is 45.5 Å². The molecule has 0 spiro atoms. The first-order valence-electron chi connectivity index (χ1n) is 8.29. The number of terminal acetylenes is 1. The fourth-order valence-corrected chi connectivity index (χ4v) is 3.14. The van der Waals surface area contributed by atoms with E-state index in [2.05, 4.69) is 5.92 Å². The zero-order valence-electron chi connectivity index (χ0n) is 15.4. The van der Waals surface area contributed by atoms with Gasteiger partial charge in [-0.15, -0.1) is 6.42 Å². The monoisotopic (exact) mass is 482 g/mol. The average molecular weight is 483 g/mol. The summed E-state index contributed by atoms with van der Waals surface area (Å²) >= 11 is 11.6. The minimum Gasteiger partial charge on any atom is -0.294 e. The van der Waals surface area contributed by atoms with Gasteiger partial charge in [0.2, 0.25) is 0 Å². The average Bonchev–Trinajstić information content (AvgIpc) is 2.65. The van der Waals surface area contributed by atoms with Crippen molar-refractivity contribution in [2.75, 3.05) is 0 Å². The van der Waals surface area contributed by atoms with Gasteiger partial charge in [0, 0.05) is 16.7 Å². The number of ketones is 1. The van der Waals surface area contributed by atoms with Crippen molar-refractivity contribution in [1.82, 2.24) is 0 Å². The molecule has 31 heavy (non-hydrogen) atoms. The van der Waals surface area contributed by atoms with Crippen molar-refractivity contribution in [2.45, 2.75) is 25.2 Å². The van der Waals surface area contributed by atoms with Crippen LogP contribution >= 0.6 is 23.2 Å². The van der Waals surface area contributed by atoms with E-state index in [4.69, 9.17) is 29.6 Å². The highest BCUT2D eigenvalue weighted by Gasteiger charge is 2.41. The Balaban J connectivity index is 2.65. The molecule has 2 rings (SSSR count). The van der Waals surface area contributed by atoms with E-state index in [1.54, 1.807) is 0 Å². The SMILES string of the molecule is C#Cc1cc(C(/C=C(\F)c2ccc(C(C)=O)c(C(F)(F)F)c2)C(F)(F)F)cc(Cl)c1Cl. The van der Waals surface area contributed by atoms with Crippen LogP contribution in [0.2, 0.25) is 10.0 Å². The lowest BCUT2D eigenvalue weighted by Crippen LogP contribution is -2.19. The summed E-state index contributed by atoms with van der Waals surface area (Å²) in [5.74, 6) is -3.06. The van der Waals surface area contributed by atoms with Crippen molar-refractivity contribution in [3.05, 3.63) is 74.3 Å². The van der Waals surface area contributed by atoms with Crippen molar-refractivity contribution < 1.29 is 35.5 Å². The third-order valence-corrected chi connectivity index (χ3v) is 5.01. The number of alkyl halides is 6. The summed E-state index contributed by atoms with van der Waals surface area (Å²) in [6, 6.07) is 3.49. The summed E-state index contributed by atoms with van der Waals surface area (Å²) in [5, 5.41) is -0.478. The predicted octanol–water partition coefficient (Wildman–Crippen LogP) is 7.85. The van der Waals surface area contributed by atoms with E-state index in [9.17, 15) is 35.5 Å². The molecular formula is C21H11Cl2F7O. The minimum absolute atomic E-state index is 0.1000. The van der Waals surface area contributed by atoms with Gasteiger partial charge in [0.25, 0.3) is 0 Å². The summed E-state index contributed by atoms with van der Waals surface area (Å²) in [6.45, 7) is 0.878. The molecule has 0 N–H and O–H groups in total. The molecule has 1 nitrogen and oxygen atoms in total. The van der Waals surface area contributed by atoms with Gasteiger partial charge < -0.3 is 0 Å². The largest absolute Gasteiger partial charge is 0.417 e. The number of carbonyl (C=O) groups is 1. The lowest BCUT2D eigenvalue weighted by molar-refractivity contribution is -0.140. The van der Waals surface area contributed by atoms with Crippen molar-refractivity contribution in [1.29, 1.82) is 0 Å². The Hall–Kier alpha value is -2.50. The van der Waals surface area contributed by atoms with Gasteiger partial charge in [0.15, 0.2) is 5.78 Å². The van der Waals surface area contributed by atoms with Crippen molar-refractivity contribution in [3.8, 4) is 12.3 Å². The van der Waals surface area contributed by atoms with Gasteiger partial charge >= 0.3 is 12.4 Å². The normalized spacial score (nSPS) is 13.6. The standard InChI is InChI=1S/C21H11Cl2F7O/c1-3-11-6-13(8-17(22)19(11)23)15(20(25,26)27)9-18(24)12-4-5-14(10(2)31)16(7-12)21(28,29)30/h1,4-9,15H,2H3/b18-9-. The minimum atomic E-state index is -5.04. The Bertz CT molecular complexity index is 1090. The topological polar surface area (TPSA) is 17.1 Å². The summed E-state index contributed by atoms with van der Waals surface area (Å²) in [5.41, 5.74) is -3.71. The molecule has 0 aliphatic rings. The molecule has 1 atom stereocenters. The number of hydrogen-bond acceptors (Lipinski definition) is 1. The van der Waals surface area contributed by atoms with Gasteiger partial charge in [-0.1, -0.05) is 41.3 Å². The lowest BCUT2D eigenvalue weighted by Gasteiger charge is -2.19. The van der Waals surface area contributed by atoms with Crippen molar-refractivity contribution >= 4 is 34.8 Å². The van der Waals surface area contributed by atoms with Crippen LogP contribution in [0.15, 0.2) is 36.4 Å². The number of carbonyl (C=O) groups excluding carboxylic acids is 1. The first-order chi connectivity index (χ1) is 14.2. The molecule has 0 heterocycles. The van der Waals surface area contributed by atoms with E-state index >= 15 is 0 Å². The van der Waals surface area contributed by atoms with Crippen LogP contribution in [0.5, 0.6) is 0 Å². The molecule has 0 radical (unpaired) electrons. The second-order valence-corrected chi connectivity index (χ2v) is 7.14. The molecule has 2 aromatic carbocycles. The van der Waals surface area contributed by atoms with Crippen molar-refractivity contribution in [2.24, 2.45) is 0 Å². The number of benzene rings is 2. The van der Waals surface area contributed by atoms with E-state index in [1.165, 1.54) is 0 Å². The van der Waals surface area contributed by atoms with Gasteiger partial charge in [-0.05, 0) is 36.8 Å². The molecular weight excluding hydrogens is 472 g/mol. The number of hydrogen-bond donors (Lipinski definition) is 0. The molecule has 0 aliphatic heterocycles. The Morgan fingerprint density at radius 2 is 1.71 bits per heavy atom. The van der Waals surface area contributed by atoms with Gasteiger partial charge in [0.1, 0.15) is 11.7 Å². The molecule has 1 unspecified atom stereocenters. The van der Waals surface area contributed by atoms with Gasteiger partial charge in [-0.3, -0.25) is 4.79 Å². The third-order valence-electron chi connectivity index (χ3n) is 4.21. The summed E-state index contributed by atoms with van der Waals surface area (Å²) < 4.78 is 95.2. The molecule has 0 aromatic heterocycles. The van der Waals surface area contributed by atoms with E-state index in [0.717, 1.165) is 25.1 Å². The van der Waals surface area contributed by atoms with E-state index in [0.29, 0.717) is 6.07 Å². The summed E-state index contributed by atoms with van der Waals surface area (Å²) in [4.78, 5) is 11.4. The lowest BCUT2D eigenvalue weighted by atomic mass is 9.94. The molecule has 0 amide bonds. The molecule has 164 valence electrons. The second-order valence-electron chi connectivity index (χ2n) is 6.36. The fourth-order valence-electron chi connectivity index (χ4n) is 2.75. The zero-order valence-corrected chi connectivity index (χ0v) is 16.9. The number of allylic oxidation sites excluding steroid dienone is 1. The smallest absolute Gasteiger partial charge is 0.294 e. The second kappa shape index (κ2) is 8.93. The van der Waals surface area contributed by atoms with Crippen LogP contribution in [0.25, 0.3) is 5.83 Å². The van der Waals surface area contributed by atoms with E-state index in [1.807, 2.05) is 0 Å². The molecule has 0 bridgehead atoms. The zero-order chi connectivity index (χ0) is 23.7. The van der Waals surface area contributed by atoms with Gasteiger partial charge in [0.05, 0.1) is 15.6 Å². The van der Waals surface area contributed by atoms with Crippen LogP contribution in [-0.2, 0) is 6.18 Å². The highest BCUT2D eigenvalue weighted by atomic mass is 35.5. The van der Waals surface area contributed by atoms with Crippen LogP contribution in [0.4, 0.5) is 30.7 Å². The Morgan fingerprint density at radius 1 is 1.10 bits per heavy atom. The molecule has 2 aromatic rings. The first-order valence-corrected chi connectivity index (χ1v) is 9.04. The van der Waals surface area contributed by atoms with Gasteiger partial charge in [-0.25, -0.2) is 4.39 Å². The first kappa shape index (κ1) is 24.8. The van der Waals surface area contributed by atoms with Crippen molar-refractivity contribution in [3.63, 3.8) is 0 Å². The Kier molecular flexibility index (Phi) is 7.14. The van der Waals surface area contributed by atoms with Crippen LogP contribution in [-0.4, -0.2) is 12.0 Å².